The molecule has 1 atom stereocenters. The number of piperidine rings is 1. The molecule has 0 aromatic heterocycles. The summed E-state index contributed by atoms with van der Waals surface area (Å²) in [4.78, 5) is 0. The Kier molecular flexibility index (Phi) is 3.72. The zero-order valence-corrected chi connectivity index (χ0v) is 11.2. The van der Waals surface area contributed by atoms with Gasteiger partial charge in [-0.05, 0) is 42.5 Å². The van der Waals surface area contributed by atoms with Crippen LogP contribution in [0.2, 0.25) is 0 Å². The summed E-state index contributed by atoms with van der Waals surface area (Å²) in [5.41, 5.74) is 2.88. The second-order valence-corrected chi connectivity index (χ2v) is 6.01. The van der Waals surface area contributed by atoms with E-state index < -0.39 is 0 Å². The van der Waals surface area contributed by atoms with Gasteiger partial charge in [-0.3, -0.25) is 0 Å². The van der Waals surface area contributed by atoms with Gasteiger partial charge >= 0.3 is 0 Å². The molecule has 0 saturated carbocycles. The first-order chi connectivity index (χ1) is 8.05. The van der Waals surface area contributed by atoms with Crippen LogP contribution in [0, 0.1) is 0 Å². The molecule has 2 N–H and O–H groups in total. The molecule has 1 aliphatic rings. The van der Waals surface area contributed by atoms with Crippen LogP contribution in [-0.4, -0.2) is 19.1 Å². The number of benzene rings is 1. The van der Waals surface area contributed by atoms with Gasteiger partial charge < -0.3 is 10.6 Å². The Balaban J connectivity index is 1.98. The summed E-state index contributed by atoms with van der Waals surface area (Å²) in [6, 6.07) is 9.46. The fourth-order valence-electron chi connectivity index (χ4n) is 2.28. The zero-order valence-electron chi connectivity index (χ0n) is 11.2. The van der Waals surface area contributed by atoms with Gasteiger partial charge in [-0.25, -0.2) is 0 Å². The van der Waals surface area contributed by atoms with E-state index >= 15 is 0 Å². The highest BCUT2D eigenvalue weighted by molar-refractivity contribution is 5.46. The third-order valence-corrected chi connectivity index (χ3v) is 3.42. The van der Waals surface area contributed by atoms with Crippen LogP contribution < -0.4 is 10.6 Å². The SMILES string of the molecule is CC(C)(C)c1ccc(NC2CCCNC2)cc1. The van der Waals surface area contributed by atoms with E-state index in [1.54, 1.807) is 0 Å². The zero-order chi connectivity index (χ0) is 12.3. The van der Waals surface area contributed by atoms with Gasteiger partial charge in [-0.1, -0.05) is 32.9 Å². The molecule has 2 rings (SSSR count). The van der Waals surface area contributed by atoms with Crippen LogP contribution in [0.15, 0.2) is 24.3 Å². The Morgan fingerprint density at radius 1 is 1.18 bits per heavy atom. The van der Waals surface area contributed by atoms with Gasteiger partial charge in [0.05, 0.1) is 0 Å². The molecular formula is C15H24N2. The standard InChI is InChI=1S/C15H24N2/c1-15(2,3)12-6-8-13(9-7-12)17-14-5-4-10-16-11-14/h6-9,14,16-17H,4-5,10-11H2,1-3H3. The average molecular weight is 232 g/mol. The summed E-state index contributed by atoms with van der Waals surface area (Å²) >= 11 is 0. The van der Waals surface area contributed by atoms with E-state index in [2.05, 4.69) is 55.7 Å². The summed E-state index contributed by atoms with van der Waals surface area (Å²) in [7, 11) is 0. The largest absolute Gasteiger partial charge is 0.381 e. The van der Waals surface area contributed by atoms with Gasteiger partial charge in [0.15, 0.2) is 0 Å². The van der Waals surface area contributed by atoms with E-state index in [0.29, 0.717) is 6.04 Å². The molecule has 0 amide bonds. The van der Waals surface area contributed by atoms with Crippen LogP contribution in [0.3, 0.4) is 0 Å². The predicted molar refractivity (Wildman–Crippen MR) is 74.7 cm³/mol. The minimum atomic E-state index is 0.241. The van der Waals surface area contributed by atoms with Crippen molar-refractivity contribution in [2.45, 2.75) is 45.1 Å². The quantitative estimate of drug-likeness (QED) is 0.818. The smallest absolute Gasteiger partial charge is 0.0386 e. The molecule has 1 aliphatic heterocycles. The van der Waals surface area contributed by atoms with Crippen molar-refractivity contribution in [1.29, 1.82) is 0 Å². The molecule has 1 saturated heterocycles. The van der Waals surface area contributed by atoms with Crippen molar-refractivity contribution in [1.82, 2.24) is 5.32 Å². The molecule has 0 radical (unpaired) electrons. The number of hydrogen-bond donors (Lipinski definition) is 2. The topological polar surface area (TPSA) is 24.1 Å². The monoisotopic (exact) mass is 232 g/mol. The lowest BCUT2D eigenvalue weighted by molar-refractivity contribution is 0.480. The molecule has 0 aliphatic carbocycles. The third-order valence-electron chi connectivity index (χ3n) is 3.42. The first-order valence-electron chi connectivity index (χ1n) is 6.63. The van der Waals surface area contributed by atoms with E-state index in [1.807, 2.05) is 0 Å². The third kappa shape index (κ3) is 3.47. The summed E-state index contributed by atoms with van der Waals surface area (Å²) in [5.74, 6) is 0. The first kappa shape index (κ1) is 12.4. The van der Waals surface area contributed by atoms with E-state index in [0.717, 1.165) is 6.54 Å². The van der Waals surface area contributed by atoms with Crippen molar-refractivity contribution in [2.24, 2.45) is 0 Å². The Morgan fingerprint density at radius 3 is 2.41 bits per heavy atom. The van der Waals surface area contributed by atoms with Crippen molar-refractivity contribution >= 4 is 5.69 Å². The van der Waals surface area contributed by atoms with Gasteiger partial charge in [0.2, 0.25) is 0 Å². The maximum absolute atomic E-state index is 3.60. The van der Waals surface area contributed by atoms with E-state index in [-0.39, 0.29) is 5.41 Å². The maximum Gasteiger partial charge on any atom is 0.0386 e. The molecule has 0 spiro atoms. The van der Waals surface area contributed by atoms with Crippen molar-refractivity contribution in [3.8, 4) is 0 Å². The van der Waals surface area contributed by atoms with Crippen LogP contribution in [-0.2, 0) is 5.41 Å². The Morgan fingerprint density at radius 2 is 1.88 bits per heavy atom. The number of rotatable bonds is 2. The van der Waals surface area contributed by atoms with Crippen molar-refractivity contribution < 1.29 is 0 Å². The van der Waals surface area contributed by atoms with E-state index in [4.69, 9.17) is 0 Å². The molecule has 94 valence electrons. The molecule has 1 fully saturated rings. The molecule has 2 nitrogen and oxygen atoms in total. The van der Waals surface area contributed by atoms with Gasteiger partial charge in [-0.2, -0.15) is 0 Å². The van der Waals surface area contributed by atoms with Crippen LogP contribution in [0.5, 0.6) is 0 Å². The Labute approximate surface area is 105 Å². The second kappa shape index (κ2) is 5.09. The van der Waals surface area contributed by atoms with Crippen LogP contribution in [0.4, 0.5) is 5.69 Å². The van der Waals surface area contributed by atoms with Crippen molar-refractivity contribution in [3.63, 3.8) is 0 Å². The number of nitrogens with one attached hydrogen (secondary N) is 2. The van der Waals surface area contributed by atoms with Crippen LogP contribution in [0.1, 0.15) is 39.2 Å². The number of anilines is 1. The molecule has 0 bridgehead atoms. The lowest BCUT2D eigenvalue weighted by atomic mass is 9.87. The highest BCUT2D eigenvalue weighted by Gasteiger charge is 2.14. The molecule has 2 heteroatoms. The minimum absolute atomic E-state index is 0.241. The summed E-state index contributed by atoms with van der Waals surface area (Å²) in [5, 5.41) is 7.03. The molecule has 1 aromatic rings. The molecule has 1 heterocycles. The molecule has 1 unspecified atom stereocenters. The first-order valence-corrected chi connectivity index (χ1v) is 6.63. The Bertz CT molecular complexity index is 342. The van der Waals surface area contributed by atoms with Gasteiger partial charge in [0, 0.05) is 18.3 Å². The van der Waals surface area contributed by atoms with E-state index in [9.17, 15) is 0 Å². The fourth-order valence-corrected chi connectivity index (χ4v) is 2.28. The van der Waals surface area contributed by atoms with Crippen LogP contribution >= 0.6 is 0 Å². The van der Waals surface area contributed by atoms with Crippen LogP contribution in [0.25, 0.3) is 0 Å². The Hall–Kier alpha value is -1.02. The lowest BCUT2D eigenvalue weighted by Gasteiger charge is -2.25. The van der Waals surface area contributed by atoms with Crippen molar-refractivity contribution in [2.75, 3.05) is 18.4 Å². The van der Waals surface area contributed by atoms with Gasteiger partial charge in [-0.15, -0.1) is 0 Å². The summed E-state index contributed by atoms with van der Waals surface area (Å²) < 4.78 is 0. The molecular weight excluding hydrogens is 208 g/mol. The summed E-state index contributed by atoms with van der Waals surface area (Å²) in [6.45, 7) is 9.00. The predicted octanol–water partition coefficient (Wildman–Crippen LogP) is 3.15. The number of hydrogen-bond acceptors (Lipinski definition) is 2. The highest BCUT2D eigenvalue weighted by Crippen LogP contribution is 2.24. The minimum Gasteiger partial charge on any atom is -0.381 e. The lowest BCUT2D eigenvalue weighted by Crippen LogP contribution is -2.38. The van der Waals surface area contributed by atoms with E-state index in [1.165, 1.54) is 30.6 Å². The average Bonchev–Trinajstić information content (AvgIpc) is 2.30. The fraction of sp³-hybridized carbons (Fsp3) is 0.600. The normalized spacial score (nSPS) is 21.2. The molecule has 1 aromatic carbocycles. The second-order valence-electron chi connectivity index (χ2n) is 6.01. The summed E-state index contributed by atoms with van der Waals surface area (Å²) in [6.07, 6.45) is 2.55. The van der Waals surface area contributed by atoms with Gasteiger partial charge in [0.25, 0.3) is 0 Å². The highest BCUT2D eigenvalue weighted by atomic mass is 15.0. The van der Waals surface area contributed by atoms with Gasteiger partial charge in [0.1, 0.15) is 0 Å². The molecule has 17 heavy (non-hydrogen) atoms. The maximum atomic E-state index is 3.60. The van der Waals surface area contributed by atoms with Crippen molar-refractivity contribution in [3.05, 3.63) is 29.8 Å².